The van der Waals surface area contributed by atoms with Gasteiger partial charge in [0.2, 0.25) is 0 Å². The summed E-state index contributed by atoms with van der Waals surface area (Å²) in [4.78, 5) is 14.1. The van der Waals surface area contributed by atoms with Crippen LogP contribution in [0.3, 0.4) is 0 Å². The summed E-state index contributed by atoms with van der Waals surface area (Å²) in [5.41, 5.74) is 2.84. The van der Waals surface area contributed by atoms with Crippen molar-refractivity contribution < 1.29 is 26.4 Å². The molecule has 2 bridgehead atoms. The third-order valence-electron chi connectivity index (χ3n) is 9.27. The number of halogens is 1. The van der Waals surface area contributed by atoms with Gasteiger partial charge in [-0.25, -0.2) is 0 Å². The summed E-state index contributed by atoms with van der Waals surface area (Å²) in [6, 6.07) is 21.2. The highest BCUT2D eigenvalue weighted by molar-refractivity contribution is 5.83. The summed E-state index contributed by atoms with van der Waals surface area (Å²) in [5, 5.41) is 11.5. The highest BCUT2D eigenvalue weighted by atomic mass is 35.5. The Balaban J connectivity index is 0.00000280. The summed E-state index contributed by atoms with van der Waals surface area (Å²) >= 11 is 0. The van der Waals surface area contributed by atoms with Gasteiger partial charge in [-0.2, -0.15) is 0 Å². The molecule has 1 N–H and O–H groups in total. The van der Waals surface area contributed by atoms with Crippen LogP contribution in [0, 0.1) is 5.92 Å². The van der Waals surface area contributed by atoms with Crippen LogP contribution in [0.2, 0.25) is 0 Å². The van der Waals surface area contributed by atoms with Crippen LogP contribution in [0.25, 0.3) is 0 Å². The Bertz CT molecular complexity index is 1140. The second-order valence-corrected chi connectivity index (χ2v) is 11.2. The van der Waals surface area contributed by atoms with Gasteiger partial charge in [0.05, 0.1) is 24.7 Å². The molecule has 1 aromatic heterocycles. The van der Waals surface area contributed by atoms with Gasteiger partial charge < -0.3 is 21.6 Å². The first kappa shape index (κ1) is 25.9. The zero-order valence-electron chi connectivity index (χ0n) is 21.4. The molecule has 4 aliphatic rings. The number of ether oxygens (including phenoxy) is 1. The number of esters is 1. The van der Waals surface area contributed by atoms with Gasteiger partial charge in [0.25, 0.3) is 0 Å². The number of benzene rings is 2. The van der Waals surface area contributed by atoms with Crippen LogP contribution in [-0.2, 0) is 14.9 Å². The molecule has 37 heavy (non-hydrogen) atoms. The van der Waals surface area contributed by atoms with Gasteiger partial charge in [-0.1, -0.05) is 91.6 Å². The lowest BCUT2D eigenvalue weighted by Crippen LogP contribution is -3.00. The number of quaternary nitrogens is 1. The predicted octanol–water partition coefficient (Wildman–Crippen LogP) is 2.34. The van der Waals surface area contributed by atoms with E-state index in [2.05, 4.69) is 70.0 Å². The molecule has 0 amide bonds. The van der Waals surface area contributed by atoms with E-state index in [1.807, 2.05) is 12.3 Å². The van der Waals surface area contributed by atoms with Crippen molar-refractivity contribution in [1.82, 2.24) is 15.4 Å². The molecule has 0 radical (unpaired) electrons. The SMILES string of the molecule is O=C(O[C@H]1C[N+]2(C(c3ccccc3)c3c[nH]nn3)CCC1CC2)C1(c2ccccc2)CCCCCC1.[Cl-]. The first-order valence-electron chi connectivity index (χ1n) is 13.7. The first-order chi connectivity index (χ1) is 17.7. The Morgan fingerprint density at radius 2 is 1.59 bits per heavy atom. The van der Waals surface area contributed by atoms with Crippen LogP contribution in [0.15, 0.2) is 66.9 Å². The molecule has 196 valence electrons. The number of nitrogens with zero attached hydrogens (tertiary/aromatic N) is 3. The number of carbonyl (C=O) groups is 1. The molecular formula is C30H37ClN4O2. The van der Waals surface area contributed by atoms with Crippen LogP contribution in [0.1, 0.15) is 74.2 Å². The molecule has 0 spiro atoms. The zero-order valence-corrected chi connectivity index (χ0v) is 22.2. The number of fused-ring (bicyclic) bond motifs is 3. The van der Waals surface area contributed by atoms with Gasteiger partial charge in [0, 0.05) is 24.3 Å². The molecule has 3 aromatic rings. The van der Waals surface area contributed by atoms with E-state index < -0.39 is 5.41 Å². The molecule has 2 atom stereocenters. The van der Waals surface area contributed by atoms with E-state index in [9.17, 15) is 4.79 Å². The molecule has 1 unspecified atom stereocenters. The van der Waals surface area contributed by atoms with Crippen LogP contribution >= 0.6 is 0 Å². The Morgan fingerprint density at radius 3 is 2.22 bits per heavy atom. The van der Waals surface area contributed by atoms with Crippen molar-refractivity contribution >= 4 is 5.97 Å². The minimum Gasteiger partial charge on any atom is -1.00 e. The van der Waals surface area contributed by atoms with Crippen molar-refractivity contribution in [2.24, 2.45) is 5.92 Å². The van der Waals surface area contributed by atoms with Gasteiger partial charge in [0.1, 0.15) is 12.2 Å². The summed E-state index contributed by atoms with van der Waals surface area (Å²) < 4.78 is 7.49. The first-order valence-corrected chi connectivity index (χ1v) is 13.7. The van der Waals surface area contributed by atoms with Crippen LogP contribution in [0.4, 0.5) is 0 Å². The lowest BCUT2D eigenvalue weighted by Gasteiger charge is -2.55. The summed E-state index contributed by atoms with van der Waals surface area (Å²) in [6.07, 6.45) is 10.4. The van der Waals surface area contributed by atoms with Crippen molar-refractivity contribution in [1.29, 1.82) is 0 Å². The summed E-state index contributed by atoms with van der Waals surface area (Å²) in [5.74, 6) is 0.450. The van der Waals surface area contributed by atoms with Gasteiger partial charge in [-0.15, -0.1) is 5.10 Å². The summed E-state index contributed by atoms with van der Waals surface area (Å²) in [6.45, 7) is 3.00. The Kier molecular flexibility index (Phi) is 7.68. The van der Waals surface area contributed by atoms with Crippen LogP contribution in [-0.4, -0.2) is 51.6 Å². The van der Waals surface area contributed by atoms with Gasteiger partial charge in [-0.05, 0) is 18.4 Å². The highest BCUT2D eigenvalue weighted by Crippen LogP contribution is 2.46. The molecule has 4 heterocycles. The Morgan fingerprint density at radius 1 is 0.946 bits per heavy atom. The average molecular weight is 521 g/mol. The molecule has 6 nitrogen and oxygen atoms in total. The fraction of sp³-hybridized carbons (Fsp3) is 0.500. The molecule has 2 aromatic carbocycles. The number of aromatic amines is 1. The largest absolute Gasteiger partial charge is 1.00 e. The van der Waals surface area contributed by atoms with E-state index >= 15 is 0 Å². The smallest absolute Gasteiger partial charge is 0.317 e. The van der Waals surface area contributed by atoms with E-state index in [1.54, 1.807) is 0 Å². The molecule has 7 rings (SSSR count). The van der Waals surface area contributed by atoms with Crippen LogP contribution in [0.5, 0.6) is 0 Å². The fourth-order valence-electron chi connectivity index (χ4n) is 7.36. The number of nitrogens with one attached hydrogen (secondary N) is 1. The zero-order chi connectivity index (χ0) is 24.4. The second kappa shape index (κ2) is 11.0. The maximum absolute atomic E-state index is 14.1. The van der Waals surface area contributed by atoms with Crippen molar-refractivity contribution in [3.8, 4) is 0 Å². The number of hydrogen-bond acceptors (Lipinski definition) is 4. The van der Waals surface area contributed by atoms with Crippen LogP contribution < -0.4 is 12.4 Å². The molecule has 1 saturated carbocycles. The third-order valence-corrected chi connectivity index (χ3v) is 9.27. The van der Waals surface area contributed by atoms with Gasteiger partial charge in [0.15, 0.2) is 12.1 Å². The Hall–Kier alpha value is -2.70. The van der Waals surface area contributed by atoms with E-state index in [0.717, 1.165) is 73.9 Å². The minimum atomic E-state index is -0.514. The van der Waals surface area contributed by atoms with Crippen molar-refractivity contribution in [2.45, 2.75) is 68.9 Å². The molecule has 3 saturated heterocycles. The molecular weight excluding hydrogens is 484 g/mol. The monoisotopic (exact) mass is 520 g/mol. The van der Waals surface area contributed by atoms with Crippen molar-refractivity contribution in [3.05, 3.63) is 83.7 Å². The number of carbonyl (C=O) groups excluding carboxylic acids is 1. The van der Waals surface area contributed by atoms with Crippen molar-refractivity contribution in [3.63, 3.8) is 0 Å². The van der Waals surface area contributed by atoms with Gasteiger partial charge >= 0.3 is 5.97 Å². The Labute approximate surface area is 225 Å². The standard InChI is InChI=1S/C30H37N4O2.ClH/c35-29(30(17-9-1-2-10-18-30)25-13-7-4-8-14-25)36-27-22-34(19-15-23(27)16-20-34)28(26-21-31-33-32-26)24-11-5-3-6-12-24;/h3-8,11-14,21,23,27-28H,1-2,9-10,15-20,22H2,(H,31,32,33);1H/q+1;/p-1/t23?,27-,28?,34?;/m0./s1. The normalized spacial score (nSPS) is 27.5. The molecule has 4 fully saturated rings. The van der Waals surface area contributed by atoms with Crippen molar-refractivity contribution in [2.75, 3.05) is 19.6 Å². The number of piperidine rings is 3. The minimum absolute atomic E-state index is 0. The van der Waals surface area contributed by atoms with E-state index in [1.165, 1.54) is 18.4 Å². The number of rotatable bonds is 6. The maximum atomic E-state index is 14.1. The number of hydrogen-bond donors (Lipinski definition) is 1. The topological polar surface area (TPSA) is 67.9 Å². The number of H-pyrrole nitrogens is 1. The third kappa shape index (κ3) is 4.82. The second-order valence-electron chi connectivity index (χ2n) is 11.2. The lowest BCUT2D eigenvalue weighted by atomic mass is 9.74. The summed E-state index contributed by atoms with van der Waals surface area (Å²) in [7, 11) is 0. The lowest BCUT2D eigenvalue weighted by molar-refractivity contribution is -0.968. The quantitative estimate of drug-likeness (QED) is 0.308. The van der Waals surface area contributed by atoms with E-state index in [0.29, 0.717) is 5.92 Å². The average Bonchev–Trinajstić information content (AvgIpc) is 3.33. The highest BCUT2D eigenvalue weighted by Gasteiger charge is 2.54. The van der Waals surface area contributed by atoms with E-state index in [-0.39, 0.29) is 30.5 Å². The molecule has 1 aliphatic carbocycles. The molecule has 7 heteroatoms. The van der Waals surface area contributed by atoms with E-state index in [4.69, 9.17) is 4.74 Å². The maximum Gasteiger partial charge on any atom is 0.317 e. The molecule has 3 aliphatic heterocycles. The predicted molar refractivity (Wildman–Crippen MR) is 138 cm³/mol. The van der Waals surface area contributed by atoms with Gasteiger partial charge in [-0.3, -0.25) is 9.89 Å². The number of aromatic nitrogens is 3. The fourth-order valence-corrected chi connectivity index (χ4v) is 7.36.